The first-order valence-corrected chi connectivity index (χ1v) is 5.17. The van der Waals surface area contributed by atoms with Gasteiger partial charge in [-0.1, -0.05) is 22.8 Å². The zero-order valence-electron chi connectivity index (χ0n) is 8.62. The Hall–Kier alpha value is -1.98. The molecule has 1 atom stereocenters. The minimum atomic E-state index is -1.05. The molecule has 1 aliphatic rings. The van der Waals surface area contributed by atoms with Gasteiger partial charge in [0, 0.05) is 11.5 Å². The summed E-state index contributed by atoms with van der Waals surface area (Å²) < 4.78 is 0. The molecule has 0 bridgehead atoms. The molecule has 1 aliphatic heterocycles. The van der Waals surface area contributed by atoms with E-state index < -0.39 is 12.1 Å². The van der Waals surface area contributed by atoms with Gasteiger partial charge in [0.05, 0.1) is 18.3 Å². The number of aromatic nitrogens is 1. The minimum Gasteiger partial charge on any atom is -0.465 e. The van der Waals surface area contributed by atoms with Gasteiger partial charge in [-0.05, 0) is 17.2 Å². The van der Waals surface area contributed by atoms with E-state index in [1.54, 1.807) is 12.1 Å². The maximum Gasteiger partial charge on any atom is 0.407 e. The average Bonchev–Trinajstić information content (AvgIpc) is 2.29. The third kappa shape index (κ3) is 2.25. The third-order valence-electron chi connectivity index (χ3n) is 2.51. The molecule has 0 radical (unpaired) electrons. The summed E-state index contributed by atoms with van der Waals surface area (Å²) in [7, 11) is 0. The predicted molar refractivity (Wildman–Crippen MR) is 59.6 cm³/mol. The first kappa shape index (κ1) is 11.5. The number of azide groups is 1. The second-order valence-electron chi connectivity index (χ2n) is 3.56. The van der Waals surface area contributed by atoms with Crippen LogP contribution in [0.25, 0.3) is 10.4 Å². The molecule has 0 aromatic carbocycles. The summed E-state index contributed by atoms with van der Waals surface area (Å²) in [6.07, 6.45) is -1.05. The van der Waals surface area contributed by atoms with Gasteiger partial charge in [0.15, 0.2) is 0 Å². The van der Waals surface area contributed by atoms with Crippen molar-refractivity contribution in [1.29, 1.82) is 0 Å². The van der Waals surface area contributed by atoms with Crippen molar-refractivity contribution in [2.24, 2.45) is 5.11 Å². The quantitative estimate of drug-likeness (QED) is 0.360. The molecule has 1 aromatic heterocycles. The number of hydrogen-bond acceptors (Lipinski definition) is 3. The number of amides is 1. The average molecular weight is 254 g/mol. The number of fused-ring (bicyclic) bond motifs is 1. The minimum absolute atomic E-state index is 0.0970. The highest BCUT2D eigenvalue weighted by Gasteiger charge is 2.28. The number of halogens is 1. The van der Waals surface area contributed by atoms with Gasteiger partial charge in [-0.25, -0.2) is 9.78 Å². The Kier molecular flexibility index (Phi) is 3.03. The normalized spacial score (nSPS) is 18.2. The van der Waals surface area contributed by atoms with E-state index in [-0.39, 0.29) is 13.1 Å². The predicted octanol–water partition coefficient (Wildman–Crippen LogP) is 2.58. The standard InChI is InChI=1S/C9H8ClN5O2/c10-7-2-1-5-3-15(9(16)17)4-6(13-14-11)8(5)12-7/h1-2,6H,3-4H2,(H,16,17). The highest BCUT2D eigenvalue weighted by atomic mass is 35.5. The molecular formula is C9H8ClN5O2. The van der Waals surface area contributed by atoms with Crippen molar-refractivity contribution in [3.8, 4) is 0 Å². The molecule has 8 heteroatoms. The largest absolute Gasteiger partial charge is 0.465 e. The first-order valence-electron chi connectivity index (χ1n) is 4.79. The second-order valence-corrected chi connectivity index (χ2v) is 3.95. The summed E-state index contributed by atoms with van der Waals surface area (Å²) in [6.45, 7) is 0.325. The van der Waals surface area contributed by atoms with Crippen LogP contribution < -0.4 is 0 Å². The number of carbonyl (C=O) groups is 1. The van der Waals surface area contributed by atoms with Gasteiger partial charge in [0.2, 0.25) is 0 Å². The molecule has 2 heterocycles. The van der Waals surface area contributed by atoms with E-state index in [4.69, 9.17) is 22.2 Å². The van der Waals surface area contributed by atoms with Crippen LogP contribution in [0.5, 0.6) is 0 Å². The molecule has 0 saturated heterocycles. The van der Waals surface area contributed by atoms with Crippen molar-refractivity contribution >= 4 is 17.7 Å². The van der Waals surface area contributed by atoms with Crippen molar-refractivity contribution in [2.75, 3.05) is 6.54 Å². The van der Waals surface area contributed by atoms with E-state index in [2.05, 4.69) is 15.0 Å². The van der Waals surface area contributed by atoms with E-state index in [1.165, 1.54) is 4.90 Å². The van der Waals surface area contributed by atoms with Crippen molar-refractivity contribution < 1.29 is 9.90 Å². The maximum absolute atomic E-state index is 10.9. The van der Waals surface area contributed by atoms with E-state index in [0.717, 1.165) is 0 Å². The Morgan fingerprint density at radius 2 is 2.47 bits per heavy atom. The van der Waals surface area contributed by atoms with Crippen LogP contribution in [0.1, 0.15) is 17.3 Å². The van der Waals surface area contributed by atoms with Gasteiger partial charge in [-0.3, -0.25) is 0 Å². The molecule has 0 fully saturated rings. The lowest BCUT2D eigenvalue weighted by Crippen LogP contribution is -2.37. The molecule has 1 N–H and O–H groups in total. The lowest BCUT2D eigenvalue weighted by Gasteiger charge is -2.29. The number of nitrogens with zero attached hydrogens (tertiary/aromatic N) is 5. The Morgan fingerprint density at radius 3 is 3.12 bits per heavy atom. The van der Waals surface area contributed by atoms with Crippen molar-refractivity contribution in [3.05, 3.63) is 39.0 Å². The summed E-state index contributed by atoms with van der Waals surface area (Å²) in [4.78, 5) is 18.9. The van der Waals surface area contributed by atoms with E-state index in [9.17, 15) is 4.79 Å². The summed E-state index contributed by atoms with van der Waals surface area (Å²) in [6, 6.07) is 2.65. The molecule has 1 unspecified atom stereocenters. The van der Waals surface area contributed by atoms with Crippen LogP contribution >= 0.6 is 11.6 Å². The highest BCUT2D eigenvalue weighted by Crippen LogP contribution is 2.29. The van der Waals surface area contributed by atoms with Gasteiger partial charge in [-0.15, -0.1) is 0 Å². The van der Waals surface area contributed by atoms with Crippen LogP contribution in [0, 0.1) is 0 Å². The van der Waals surface area contributed by atoms with Crippen LogP contribution in [-0.2, 0) is 6.54 Å². The molecule has 0 spiro atoms. The zero-order valence-corrected chi connectivity index (χ0v) is 9.37. The summed E-state index contributed by atoms with van der Waals surface area (Å²) in [5, 5.41) is 12.8. The maximum atomic E-state index is 10.9. The fourth-order valence-corrected chi connectivity index (χ4v) is 1.92. The van der Waals surface area contributed by atoms with Crippen LogP contribution in [0.4, 0.5) is 4.79 Å². The molecule has 0 aliphatic carbocycles. The number of hydrogen-bond donors (Lipinski definition) is 1. The molecule has 7 nitrogen and oxygen atoms in total. The Bertz CT molecular complexity index is 514. The number of rotatable bonds is 1. The molecule has 2 rings (SSSR count). The Balaban J connectivity index is 2.45. The monoisotopic (exact) mass is 253 g/mol. The lowest BCUT2D eigenvalue weighted by molar-refractivity contribution is 0.134. The van der Waals surface area contributed by atoms with Crippen LogP contribution in [0.3, 0.4) is 0 Å². The summed E-state index contributed by atoms with van der Waals surface area (Å²) >= 11 is 5.77. The van der Waals surface area contributed by atoms with Crippen LogP contribution in [-0.4, -0.2) is 27.6 Å². The lowest BCUT2D eigenvalue weighted by atomic mass is 10.0. The van der Waals surface area contributed by atoms with Crippen molar-refractivity contribution in [1.82, 2.24) is 9.88 Å². The molecule has 17 heavy (non-hydrogen) atoms. The van der Waals surface area contributed by atoms with Crippen molar-refractivity contribution in [2.45, 2.75) is 12.6 Å². The number of pyridine rings is 1. The van der Waals surface area contributed by atoms with Gasteiger partial charge in [0.25, 0.3) is 0 Å². The zero-order chi connectivity index (χ0) is 12.4. The van der Waals surface area contributed by atoms with Gasteiger partial charge < -0.3 is 10.0 Å². The smallest absolute Gasteiger partial charge is 0.407 e. The Labute approximate surface area is 101 Å². The van der Waals surface area contributed by atoms with E-state index in [0.29, 0.717) is 16.4 Å². The fraction of sp³-hybridized carbons (Fsp3) is 0.333. The van der Waals surface area contributed by atoms with Crippen LogP contribution in [0.15, 0.2) is 17.2 Å². The number of carboxylic acid groups (broad SMARTS) is 1. The molecule has 1 aromatic rings. The van der Waals surface area contributed by atoms with E-state index in [1.807, 2.05) is 0 Å². The molecular weight excluding hydrogens is 246 g/mol. The van der Waals surface area contributed by atoms with E-state index >= 15 is 0 Å². The molecule has 88 valence electrons. The molecule has 1 amide bonds. The fourth-order valence-electron chi connectivity index (χ4n) is 1.77. The van der Waals surface area contributed by atoms with Crippen molar-refractivity contribution in [3.63, 3.8) is 0 Å². The second kappa shape index (κ2) is 4.48. The topological polar surface area (TPSA) is 102 Å². The molecule has 0 saturated carbocycles. The summed E-state index contributed by atoms with van der Waals surface area (Å²) in [5.74, 6) is 0. The third-order valence-corrected chi connectivity index (χ3v) is 2.72. The Morgan fingerprint density at radius 1 is 1.71 bits per heavy atom. The SMILES string of the molecule is [N-]=[N+]=NC1CN(C(=O)O)Cc2ccc(Cl)nc21. The highest BCUT2D eigenvalue weighted by molar-refractivity contribution is 6.29. The van der Waals surface area contributed by atoms with Gasteiger partial charge >= 0.3 is 6.09 Å². The summed E-state index contributed by atoms with van der Waals surface area (Å²) in [5.41, 5.74) is 9.73. The van der Waals surface area contributed by atoms with Gasteiger partial charge in [-0.2, -0.15) is 0 Å². The van der Waals surface area contributed by atoms with Gasteiger partial charge in [0.1, 0.15) is 5.15 Å². The first-order chi connectivity index (χ1) is 8.11. The van der Waals surface area contributed by atoms with Crippen LogP contribution in [0.2, 0.25) is 5.15 Å².